The number of nitrogens with one attached hydrogen (secondary N) is 1. The van der Waals surface area contributed by atoms with Crippen LogP contribution in [0.25, 0.3) is 5.78 Å². The molecule has 3 heterocycles. The molecule has 0 atom stereocenters. The number of rotatable bonds is 6. The average molecular weight is 410 g/mol. The first-order valence-corrected chi connectivity index (χ1v) is 10.4. The Bertz CT molecular complexity index is 1020. The second kappa shape index (κ2) is 8.87. The van der Waals surface area contributed by atoms with Crippen LogP contribution in [0.3, 0.4) is 0 Å². The number of carbonyl (C=O) groups is 1. The van der Waals surface area contributed by atoms with E-state index in [0.717, 1.165) is 55.0 Å². The second-order valence-corrected chi connectivity index (χ2v) is 7.98. The molecule has 8 heteroatoms. The van der Waals surface area contributed by atoms with Crippen molar-refractivity contribution in [3.63, 3.8) is 0 Å². The number of aromatic nitrogens is 4. The summed E-state index contributed by atoms with van der Waals surface area (Å²) in [7, 11) is 0. The van der Waals surface area contributed by atoms with Crippen LogP contribution in [0.5, 0.6) is 0 Å². The van der Waals surface area contributed by atoms with Crippen molar-refractivity contribution in [2.45, 2.75) is 52.1 Å². The predicted molar refractivity (Wildman–Crippen MR) is 111 cm³/mol. The van der Waals surface area contributed by atoms with Crippen molar-refractivity contribution in [3.8, 4) is 0 Å². The van der Waals surface area contributed by atoms with E-state index in [1.807, 2.05) is 26.0 Å². The fourth-order valence-corrected chi connectivity index (χ4v) is 4.14. The van der Waals surface area contributed by atoms with Gasteiger partial charge in [0.05, 0.1) is 0 Å². The molecule has 0 radical (unpaired) electrons. The molecule has 1 aromatic carbocycles. The number of piperidine rings is 1. The van der Waals surface area contributed by atoms with Gasteiger partial charge in [0.25, 0.3) is 5.78 Å². The molecule has 2 aromatic heterocycles. The van der Waals surface area contributed by atoms with Crippen LogP contribution in [0.15, 0.2) is 30.6 Å². The molecule has 1 saturated heterocycles. The summed E-state index contributed by atoms with van der Waals surface area (Å²) in [6.45, 7) is 6.60. The van der Waals surface area contributed by atoms with Gasteiger partial charge >= 0.3 is 0 Å². The van der Waals surface area contributed by atoms with Gasteiger partial charge in [-0.1, -0.05) is 12.1 Å². The lowest BCUT2D eigenvalue weighted by Gasteiger charge is -2.32. The lowest BCUT2D eigenvalue weighted by atomic mass is 10.0. The van der Waals surface area contributed by atoms with Gasteiger partial charge in [0.2, 0.25) is 5.91 Å². The molecular weight excluding hydrogens is 383 g/mol. The van der Waals surface area contributed by atoms with E-state index >= 15 is 0 Å². The molecule has 1 amide bonds. The first kappa shape index (κ1) is 20.4. The van der Waals surface area contributed by atoms with Crippen LogP contribution < -0.4 is 5.32 Å². The van der Waals surface area contributed by atoms with Gasteiger partial charge in [0.1, 0.15) is 12.1 Å². The van der Waals surface area contributed by atoms with Crippen LogP contribution in [0.1, 0.15) is 41.8 Å². The van der Waals surface area contributed by atoms with Gasteiger partial charge in [0.15, 0.2) is 0 Å². The SMILES string of the molecule is Cc1nc2ncnn2c(C)c1CCC(=O)NC1CCN(Cc2ccc(F)cc2)CC1. The number of benzene rings is 1. The van der Waals surface area contributed by atoms with Gasteiger partial charge in [-0.3, -0.25) is 9.69 Å². The van der Waals surface area contributed by atoms with E-state index in [-0.39, 0.29) is 17.8 Å². The van der Waals surface area contributed by atoms with E-state index in [0.29, 0.717) is 18.6 Å². The Kier molecular flexibility index (Phi) is 6.03. The Balaban J connectivity index is 1.25. The van der Waals surface area contributed by atoms with Crippen LogP contribution in [0, 0.1) is 19.7 Å². The van der Waals surface area contributed by atoms with Crippen LogP contribution in [0.4, 0.5) is 4.39 Å². The molecule has 7 nitrogen and oxygen atoms in total. The smallest absolute Gasteiger partial charge is 0.252 e. The highest BCUT2D eigenvalue weighted by Crippen LogP contribution is 2.17. The van der Waals surface area contributed by atoms with Gasteiger partial charge in [-0.25, -0.2) is 13.9 Å². The minimum atomic E-state index is -0.206. The highest BCUT2D eigenvalue weighted by atomic mass is 19.1. The lowest BCUT2D eigenvalue weighted by molar-refractivity contribution is -0.122. The molecule has 0 saturated carbocycles. The van der Waals surface area contributed by atoms with E-state index in [2.05, 4.69) is 25.3 Å². The summed E-state index contributed by atoms with van der Waals surface area (Å²) in [5.41, 5.74) is 4.05. The minimum Gasteiger partial charge on any atom is -0.353 e. The summed E-state index contributed by atoms with van der Waals surface area (Å²) >= 11 is 0. The first-order valence-electron chi connectivity index (χ1n) is 10.4. The molecule has 0 unspecified atom stereocenters. The van der Waals surface area contributed by atoms with E-state index in [1.165, 1.54) is 18.5 Å². The monoisotopic (exact) mass is 410 g/mol. The Labute approximate surface area is 175 Å². The van der Waals surface area contributed by atoms with E-state index < -0.39 is 0 Å². The topological polar surface area (TPSA) is 75.4 Å². The normalized spacial score (nSPS) is 15.6. The van der Waals surface area contributed by atoms with E-state index in [9.17, 15) is 9.18 Å². The molecule has 30 heavy (non-hydrogen) atoms. The molecule has 4 rings (SSSR count). The summed E-state index contributed by atoms with van der Waals surface area (Å²) in [5, 5.41) is 7.38. The number of aryl methyl sites for hydroxylation is 2. The maximum Gasteiger partial charge on any atom is 0.252 e. The van der Waals surface area contributed by atoms with E-state index in [1.54, 1.807) is 4.52 Å². The summed E-state index contributed by atoms with van der Waals surface area (Å²) in [6.07, 6.45) is 4.41. The molecule has 0 bridgehead atoms. The molecule has 3 aromatic rings. The number of hydrogen-bond donors (Lipinski definition) is 1. The third kappa shape index (κ3) is 4.64. The van der Waals surface area contributed by atoms with Gasteiger partial charge in [-0.15, -0.1) is 0 Å². The summed E-state index contributed by atoms with van der Waals surface area (Å²) in [4.78, 5) is 23.5. The minimum absolute atomic E-state index is 0.0736. The van der Waals surface area contributed by atoms with Crippen LogP contribution in [-0.4, -0.2) is 49.5 Å². The maximum absolute atomic E-state index is 13.0. The zero-order chi connectivity index (χ0) is 21.1. The Morgan fingerprint density at radius 3 is 2.67 bits per heavy atom. The fraction of sp³-hybridized carbons (Fsp3) is 0.455. The fourth-order valence-electron chi connectivity index (χ4n) is 4.14. The number of hydrogen-bond acceptors (Lipinski definition) is 5. The number of halogens is 1. The van der Waals surface area contributed by atoms with Crippen molar-refractivity contribution in [1.29, 1.82) is 0 Å². The van der Waals surface area contributed by atoms with Crippen LogP contribution >= 0.6 is 0 Å². The molecule has 1 fully saturated rings. The molecule has 1 aliphatic rings. The van der Waals surface area contributed by atoms with Crippen molar-refractivity contribution in [1.82, 2.24) is 29.8 Å². The van der Waals surface area contributed by atoms with Crippen molar-refractivity contribution in [2.24, 2.45) is 0 Å². The standard InChI is InChI=1S/C22H27FN6O/c1-15-20(16(2)29-22(26-15)24-14-25-29)7-8-21(30)27-19-9-11-28(12-10-19)13-17-3-5-18(23)6-4-17/h3-6,14,19H,7-13H2,1-2H3,(H,27,30). The van der Waals surface area contributed by atoms with Gasteiger partial charge in [-0.05, 0) is 56.4 Å². The van der Waals surface area contributed by atoms with E-state index in [4.69, 9.17) is 0 Å². The Morgan fingerprint density at radius 2 is 1.93 bits per heavy atom. The van der Waals surface area contributed by atoms with Gasteiger partial charge < -0.3 is 5.32 Å². The zero-order valence-corrected chi connectivity index (χ0v) is 17.4. The number of nitrogens with zero attached hydrogens (tertiary/aromatic N) is 5. The van der Waals surface area contributed by atoms with Gasteiger partial charge in [0, 0.05) is 43.5 Å². The molecular formula is C22H27FN6O. The highest BCUT2D eigenvalue weighted by molar-refractivity contribution is 5.76. The third-order valence-corrected chi connectivity index (χ3v) is 5.86. The summed E-state index contributed by atoms with van der Waals surface area (Å²) < 4.78 is 14.8. The summed E-state index contributed by atoms with van der Waals surface area (Å²) in [6, 6.07) is 6.88. The van der Waals surface area contributed by atoms with Crippen molar-refractivity contribution in [3.05, 3.63) is 58.9 Å². The molecule has 0 spiro atoms. The maximum atomic E-state index is 13.0. The van der Waals surface area contributed by atoms with Crippen LogP contribution in [0.2, 0.25) is 0 Å². The van der Waals surface area contributed by atoms with Gasteiger partial charge in [-0.2, -0.15) is 10.1 Å². The Morgan fingerprint density at radius 1 is 1.20 bits per heavy atom. The predicted octanol–water partition coefficient (Wildman–Crippen LogP) is 2.59. The third-order valence-electron chi connectivity index (χ3n) is 5.86. The quantitative estimate of drug-likeness (QED) is 0.676. The second-order valence-electron chi connectivity index (χ2n) is 7.98. The molecule has 0 aliphatic carbocycles. The number of carbonyl (C=O) groups excluding carboxylic acids is 1. The number of likely N-dealkylation sites (tertiary alicyclic amines) is 1. The number of fused-ring (bicyclic) bond motifs is 1. The van der Waals surface area contributed by atoms with Crippen molar-refractivity contribution >= 4 is 11.7 Å². The molecule has 1 N–H and O–H groups in total. The first-order chi connectivity index (χ1) is 14.5. The van der Waals surface area contributed by atoms with Crippen LogP contribution in [-0.2, 0) is 17.8 Å². The average Bonchev–Trinajstić information content (AvgIpc) is 3.19. The largest absolute Gasteiger partial charge is 0.353 e. The Hall–Kier alpha value is -2.87. The molecule has 1 aliphatic heterocycles. The van der Waals surface area contributed by atoms with Crippen molar-refractivity contribution in [2.75, 3.05) is 13.1 Å². The number of amides is 1. The summed E-state index contributed by atoms with van der Waals surface area (Å²) in [5.74, 6) is 0.456. The molecule has 158 valence electrons. The highest BCUT2D eigenvalue weighted by Gasteiger charge is 2.21. The van der Waals surface area contributed by atoms with Crippen molar-refractivity contribution < 1.29 is 9.18 Å². The lowest BCUT2D eigenvalue weighted by Crippen LogP contribution is -2.44. The zero-order valence-electron chi connectivity index (χ0n) is 17.4.